The number of amidine groups is 1. The number of thioether (sulfide) groups is 1. The summed E-state index contributed by atoms with van der Waals surface area (Å²) in [5, 5.41) is 0.246. The van der Waals surface area contributed by atoms with E-state index in [-0.39, 0.29) is 16.5 Å². The average Bonchev–Trinajstić information content (AvgIpc) is 3.02. The predicted molar refractivity (Wildman–Crippen MR) is 129 cm³/mol. The number of carbonyl (C=O) groups is 1. The van der Waals surface area contributed by atoms with Crippen molar-refractivity contribution in [3.63, 3.8) is 0 Å². The summed E-state index contributed by atoms with van der Waals surface area (Å²) in [5.74, 6) is 1.56. The van der Waals surface area contributed by atoms with E-state index in [9.17, 15) is 4.79 Å². The van der Waals surface area contributed by atoms with Crippen molar-refractivity contribution in [2.45, 2.75) is 26.2 Å². The average molecular weight is 505 g/mol. The van der Waals surface area contributed by atoms with Gasteiger partial charge in [0.15, 0.2) is 16.7 Å². The van der Waals surface area contributed by atoms with Gasteiger partial charge in [0.05, 0.1) is 16.5 Å². The van der Waals surface area contributed by atoms with Crippen LogP contribution in [-0.4, -0.2) is 31.4 Å². The molecule has 1 amide bonds. The van der Waals surface area contributed by atoms with E-state index in [1.165, 1.54) is 5.56 Å². The number of carbonyl (C=O) groups excluding carboxylic acids is 1. The minimum absolute atomic E-state index is 0.107. The lowest BCUT2D eigenvalue weighted by Gasteiger charge is -2.19. The third-order valence-corrected chi connectivity index (χ3v) is 5.91. The van der Waals surface area contributed by atoms with Crippen molar-refractivity contribution < 1.29 is 19.0 Å². The van der Waals surface area contributed by atoms with Crippen molar-refractivity contribution in [3.05, 3.63) is 56.9 Å². The normalized spacial score (nSPS) is 15.2. The van der Waals surface area contributed by atoms with E-state index in [1.807, 2.05) is 18.2 Å². The predicted octanol–water partition coefficient (Wildman–Crippen LogP) is 5.14. The monoisotopic (exact) mass is 504 g/mol. The molecule has 31 heavy (non-hydrogen) atoms. The molecular weight excluding hydrogens is 480 g/mol. The number of rotatable bonds is 7. The van der Waals surface area contributed by atoms with E-state index in [4.69, 9.17) is 19.9 Å². The Kier molecular flexibility index (Phi) is 7.33. The highest BCUT2D eigenvalue weighted by molar-refractivity contribution is 9.10. The number of nitrogens with two attached hydrogens (primary N) is 1. The van der Waals surface area contributed by atoms with Gasteiger partial charge in [0, 0.05) is 0 Å². The van der Waals surface area contributed by atoms with Crippen LogP contribution in [0.5, 0.6) is 17.2 Å². The van der Waals surface area contributed by atoms with Crippen LogP contribution in [0.4, 0.5) is 0 Å². The minimum atomic E-state index is -0.342. The number of aliphatic imine (C=N–C) groups is 1. The Morgan fingerprint density at radius 1 is 1.13 bits per heavy atom. The number of methoxy groups -OCH3 is 1. The number of halogens is 1. The molecule has 164 valence electrons. The van der Waals surface area contributed by atoms with Crippen LogP contribution in [0.15, 0.2) is 50.8 Å². The summed E-state index contributed by atoms with van der Waals surface area (Å²) in [5.41, 5.74) is 7.73. The molecule has 0 saturated heterocycles. The third kappa shape index (κ3) is 6.04. The molecule has 2 N–H and O–H groups in total. The number of ether oxygens (including phenoxy) is 3. The van der Waals surface area contributed by atoms with Crippen LogP contribution in [0.3, 0.4) is 0 Å². The first-order chi connectivity index (χ1) is 14.7. The molecule has 0 bridgehead atoms. The molecule has 0 aliphatic carbocycles. The van der Waals surface area contributed by atoms with Crippen LogP contribution < -0.4 is 19.9 Å². The Morgan fingerprint density at radius 3 is 2.39 bits per heavy atom. The molecule has 0 saturated carbocycles. The molecule has 0 fully saturated rings. The zero-order valence-electron chi connectivity index (χ0n) is 17.9. The summed E-state index contributed by atoms with van der Waals surface area (Å²) in [7, 11) is 1.56. The zero-order valence-corrected chi connectivity index (χ0v) is 20.3. The largest absolute Gasteiger partial charge is 0.493 e. The van der Waals surface area contributed by atoms with Gasteiger partial charge in [-0.05, 0) is 74.6 Å². The van der Waals surface area contributed by atoms with Crippen molar-refractivity contribution in [2.24, 2.45) is 10.7 Å². The number of benzene rings is 2. The van der Waals surface area contributed by atoms with Crippen LogP contribution >= 0.6 is 27.7 Å². The standard InChI is InChI=1S/C23H25BrN2O4S/c1-23(2,3)15-5-7-16(8-6-15)29-9-10-30-20-17(24)11-14(12-18(20)28-4)13-19-21(27)26-22(25)31-19/h5-8,11-13H,9-10H2,1-4H3,(H2,25,26,27)/b19-13+. The SMILES string of the molecule is COc1cc(/C=C2/SC(N)=NC2=O)cc(Br)c1OCCOc1ccc(C(C)(C)C)cc1. The van der Waals surface area contributed by atoms with Crippen molar-refractivity contribution in [1.82, 2.24) is 0 Å². The summed E-state index contributed by atoms with van der Waals surface area (Å²) in [6, 6.07) is 11.7. The fraction of sp³-hybridized carbons (Fsp3) is 0.304. The smallest absolute Gasteiger partial charge is 0.286 e. The van der Waals surface area contributed by atoms with E-state index in [1.54, 1.807) is 19.3 Å². The molecule has 6 nitrogen and oxygen atoms in total. The van der Waals surface area contributed by atoms with Gasteiger partial charge < -0.3 is 19.9 Å². The summed E-state index contributed by atoms with van der Waals surface area (Å²) in [6.45, 7) is 7.26. The molecule has 0 aromatic heterocycles. The first-order valence-electron chi connectivity index (χ1n) is 9.69. The summed E-state index contributed by atoms with van der Waals surface area (Å²) >= 11 is 4.66. The Labute approximate surface area is 195 Å². The third-order valence-electron chi connectivity index (χ3n) is 4.51. The van der Waals surface area contributed by atoms with E-state index in [0.29, 0.717) is 34.1 Å². The van der Waals surface area contributed by atoms with Crippen LogP contribution in [0.25, 0.3) is 6.08 Å². The van der Waals surface area contributed by atoms with E-state index < -0.39 is 0 Å². The summed E-state index contributed by atoms with van der Waals surface area (Å²) in [6.07, 6.45) is 1.72. The van der Waals surface area contributed by atoms with Crippen LogP contribution in [0.1, 0.15) is 31.9 Å². The molecule has 3 rings (SSSR count). The van der Waals surface area contributed by atoms with Crippen molar-refractivity contribution in [3.8, 4) is 17.2 Å². The van der Waals surface area contributed by atoms with Gasteiger partial charge in [-0.15, -0.1) is 0 Å². The lowest BCUT2D eigenvalue weighted by atomic mass is 9.87. The number of hydrogen-bond acceptors (Lipinski definition) is 6. The Morgan fingerprint density at radius 2 is 1.81 bits per heavy atom. The number of amides is 1. The van der Waals surface area contributed by atoms with Crippen LogP contribution in [0.2, 0.25) is 0 Å². The summed E-state index contributed by atoms with van der Waals surface area (Å²) < 4.78 is 17.9. The van der Waals surface area contributed by atoms with Gasteiger partial charge in [-0.2, -0.15) is 4.99 Å². The number of nitrogens with zero attached hydrogens (tertiary/aromatic N) is 1. The van der Waals surface area contributed by atoms with Gasteiger partial charge in [0.1, 0.15) is 19.0 Å². The Hall–Kier alpha value is -2.45. The number of hydrogen-bond donors (Lipinski definition) is 1. The second kappa shape index (κ2) is 9.78. The van der Waals surface area contributed by atoms with E-state index in [0.717, 1.165) is 23.1 Å². The molecule has 1 aliphatic rings. The fourth-order valence-electron chi connectivity index (χ4n) is 2.89. The van der Waals surface area contributed by atoms with Gasteiger partial charge in [-0.25, -0.2) is 0 Å². The Bertz CT molecular complexity index is 1030. The van der Waals surface area contributed by atoms with Crippen molar-refractivity contribution in [2.75, 3.05) is 20.3 Å². The molecule has 1 aliphatic heterocycles. The first kappa shape index (κ1) is 23.2. The minimum Gasteiger partial charge on any atom is -0.493 e. The molecule has 0 radical (unpaired) electrons. The molecule has 1 heterocycles. The zero-order chi connectivity index (χ0) is 22.6. The maximum Gasteiger partial charge on any atom is 0.286 e. The van der Waals surface area contributed by atoms with Gasteiger partial charge in [0.2, 0.25) is 0 Å². The van der Waals surface area contributed by atoms with Crippen molar-refractivity contribution >= 4 is 44.8 Å². The molecule has 0 unspecified atom stereocenters. The van der Waals surface area contributed by atoms with Crippen LogP contribution in [0, 0.1) is 0 Å². The highest BCUT2D eigenvalue weighted by Crippen LogP contribution is 2.38. The van der Waals surface area contributed by atoms with E-state index >= 15 is 0 Å². The lowest BCUT2D eigenvalue weighted by Crippen LogP contribution is -2.12. The second-order valence-electron chi connectivity index (χ2n) is 7.87. The van der Waals surface area contributed by atoms with Crippen molar-refractivity contribution in [1.29, 1.82) is 0 Å². The fourth-order valence-corrected chi connectivity index (χ4v) is 4.15. The molecular formula is C23H25BrN2O4S. The topological polar surface area (TPSA) is 83.1 Å². The quantitative estimate of drug-likeness (QED) is 0.415. The molecule has 8 heteroatoms. The van der Waals surface area contributed by atoms with Gasteiger partial charge in [-0.3, -0.25) is 4.79 Å². The Balaban J connectivity index is 1.61. The molecule has 2 aromatic carbocycles. The molecule has 0 atom stereocenters. The molecule has 2 aromatic rings. The van der Waals surface area contributed by atoms with Crippen LogP contribution in [-0.2, 0) is 10.2 Å². The highest BCUT2D eigenvalue weighted by Gasteiger charge is 2.20. The second-order valence-corrected chi connectivity index (χ2v) is 9.79. The first-order valence-corrected chi connectivity index (χ1v) is 11.3. The van der Waals surface area contributed by atoms with Gasteiger partial charge in [0.25, 0.3) is 5.91 Å². The lowest BCUT2D eigenvalue weighted by molar-refractivity contribution is -0.113. The van der Waals surface area contributed by atoms with E-state index in [2.05, 4.69) is 53.8 Å². The maximum absolute atomic E-state index is 11.8. The maximum atomic E-state index is 11.8. The van der Waals surface area contributed by atoms with Gasteiger partial charge >= 0.3 is 0 Å². The van der Waals surface area contributed by atoms with Gasteiger partial charge in [-0.1, -0.05) is 32.9 Å². The molecule has 0 spiro atoms. The highest BCUT2D eigenvalue weighted by atomic mass is 79.9. The summed E-state index contributed by atoms with van der Waals surface area (Å²) in [4.78, 5) is 16.0.